The molecule has 0 aliphatic heterocycles. The zero-order valence-electron chi connectivity index (χ0n) is 13.5. The molecule has 1 aromatic carbocycles. The summed E-state index contributed by atoms with van der Waals surface area (Å²) in [6, 6.07) is 3.96. The van der Waals surface area contributed by atoms with E-state index in [1.807, 2.05) is 12.1 Å². The number of benzene rings is 1. The Labute approximate surface area is 133 Å². The molecule has 4 heteroatoms. The van der Waals surface area contributed by atoms with Crippen LogP contribution >= 0.6 is 11.6 Å². The summed E-state index contributed by atoms with van der Waals surface area (Å²) in [5.41, 5.74) is 1.17. The molecule has 0 atom stereocenters. The van der Waals surface area contributed by atoms with E-state index in [1.54, 1.807) is 7.11 Å². The van der Waals surface area contributed by atoms with Gasteiger partial charge >= 0.3 is 0 Å². The molecule has 1 aliphatic carbocycles. The maximum absolute atomic E-state index is 6.38. The second kappa shape index (κ2) is 6.89. The molecule has 0 heterocycles. The predicted molar refractivity (Wildman–Crippen MR) is 87.4 cm³/mol. The van der Waals surface area contributed by atoms with E-state index in [4.69, 9.17) is 21.1 Å². The summed E-state index contributed by atoms with van der Waals surface area (Å²) in [7, 11) is 1.66. The summed E-state index contributed by atoms with van der Waals surface area (Å²) in [6.07, 6.45) is 3.83. The summed E-state index contributed by atoms with van der Waals surface area (Å²) < 4.78 is 11.3. The van der Waals surface area contributed by atoms with Gasteiger partial charge in [0.05, 0.1) is 18.7 Å². The molecule has 0 aromatic heterocycles. The summed E-state index contributed by atoms with van der Waals surface area (Å²) in [6.45, 7) is 7.91. The Morgan fingerprint density at radius 1 is 1.29 bits per heavy atom. The molecule has 1 N–H and O–H groups in total. The van der Waals surface area contributed by atoms with E-state index in [0.29, 0.717) is 22.4 Å². The van der Waals surface area contributed by atoms with Gasteiger partial charge in [0.15, 0.2) is 11.5 Å². The first kappa shape index (κ1) is 16.4. The highest BCUT2D eigenvalue weighted by Gasteiger charge is 2.20. The van der Waals surface area contributed by atoms with Crippen molar-refractivity contribution in [2.75, 3.05) is 13.7 Å². The third-order valence-electron chi connectivity index (χ3n) is 3.80. The van der Waals surface area contributed by atoms with Crippen LogP contribution in [0.4, 0.5) is 0 Å². The third kappa shape index (κ3) is 4.79. The molecule has 0 bridgehead atoms. The molecule has 0 amide bonds. The second-order valence-corrected chi connectivity index (χ2v) is 7.23. The smallest absolute Gasteiger partial charge is 0.179 e. The molecule has 2 rings (SSSR count). The maximum atomic E-state index is 6.38. The summed E-state index contributed by atoms with van der Waals surface area (Å²) >= 11 is 6.38. The van der Waals surface area contributed by atoms with Crippen molar-refractivity contribution >= 4 is 11.6 Å². The van der Waals surface area contributed by atoms with Gasteiger partial charge in [-0.05, 0) is 57.2 Å². The van der Waals surface area contributed by atoms with Crippen LogP contribution in [-0.4, -0.2) is 19.3 Å². The monoisotopic (exact) mass is 311 g/mol. The molecular formula is C17H26ClNO2. The maximum Gasteiger partial charge on any atom is 0.179 e. The van der Waals surface area contributed by atoms with Crippen LogP contribution in [0, 0.1) is 5.92 Å². The van der Waals surface area contributed by atoms with Crippen molar-refractivity contribution in [1.29, 1.82) is 0 Å². The zero-order chi connectivity index (χ0) is 15.5. The van der Waals surface area contributed by atoms with Gasteiger partial charge in [-0.1, -0.05) is 18.0 Å². The van der Waals surface area contributed by atoms with Crippen molar-refractivity contribution in [2.45, 2.75) is 52.1 Å². The largest absolute Gasteiger partial charge is 0.493 e. The van der Waals surface area contributed by atoms with Crippen LogP contribution in [0.1, 0.15) is 45.6 Å². The van der Waals surface area contributed by atoms with E-state index in [1.165, 1.54) is 19.3 Å². The van der Waals surface area contributed by atoms with Crippen LogP contribution in [-0.2, 0) is 6.54 Å². The Bertz CT molecular complexity index is 478. The number of methoxy groups -OCH3 is 1. The Hall–Kier alpha value is -0.930. The average molecular weight is 312 g/mol. The Balaban J connectivity index is 2.06. The van der Waals surface area contributed by atoms with Crippen molar-refractivity contribution in [3.63, 3.8) is 0 Å². The lowest BCUT2D eigenvalue weighted by molar-refractivity contribution is 0.176. The van der Waals surface area contributed by atoms with Gasteiger partial charge in [0.2, 0.25) is 0 Å². The van der Waals surface area contributed by atoms with Crippen molar-refractivity contribution < 1.29 is 9.47 Å². The molecule has 21 heavy (non-hydrogen) atoms. The first-order valence-corrected chi connectivity index (χ1v) is 8.01. The molecule has 1 aliphatic rings. The first-order valence-electron chi connectivity index (χ1n) is 7.63. The average Bonchev–Trinajstić information content (AvgIpc) is 2.35. The fourth-order valence-electron chi connectivity index (χ4n) is 2.24. The van der Waals surface area contributed by atoms with Gasteiger partial charge in [-0.3, -0.25) is 0 Å². The van der Waals surface area contributed by atoms with Crippen molar-refractivity contribution in [1.82, 2.24) is 5.32 Å². The lowest BCUT2D eigenvalue weighted by Crippen LogP contribution is -2.35. The van der Waals surface area contributed by atoms with E-state index in [0.717, 1.165) is 18.7 Å². The molecular weight excluding hydrogens is 286 g/mol. The van der Waals surface area contributed by atoms with E-state index in [9.17, 15) is 0 Å². The van der Waals surface area contributed by atoms with Gasteiger partial charge in [-0.15, -0.1) is 0 Å². The minimum Gasteiger partial charge on any atom is -0.493 e. The van der Waals surface area contributed by atoms with Gasteiger partial charge in [0, 0.05) is 12.1 Å². The SMILES string of the molecule is COc1cc(CNC(C)(C)C)cc(Cl)c1OCC1CCC1. The third-order valence-corrected chi connectivity index (χ3v) is 4.08. The summed E-state index contributed by atoms with van der Waals surface area (Å²) in [5, 5.41) is 4.07. The zero-order valence-corrected chi connectivity index (χ0v) is 14.2. The standard InChI is InChI=1S/C17H26ClNO2/c1-17(2,3)19-10-13-8-14(18)16(15(9-13)20-4)21-11-12-6-5-7-12/h8-9,12,19H,5-7,10-11H2,1-4H3. The molecule has 0 saturated heterocycles. The summed E-state index contributed by atoms with van der Waals surface area (Å²) in [5.74, 6) is 2.06. The van der Waals surface area contributed by atoms with Gasteiger partial charge in [-0.2, -0.15) is 0 Å². The highest BCUT2D eigenvalue weighted by atomic mass is 35.5. The van der Waals surface area contributed by atoms with Crippen LogP contribution < -0.4 is 14.8 Å². The molecule has 1 aromatic rings. The van der Waals surface area contributed by atoms with Crippen LogP contribution in [0.25, 0.3) is 0 Å². The molecule has 1 saturated carbocycles. The number of ether oxygens (including phenoxy) is 2. The van der Waals surface area contributed by atoms with Crippen molar-refractivity contribution in [2.24, 2.45) is 5.92 Å². The molecule has 3 nitrogen and oxygen atoms in total. The molecule has 0 unspecified atom stereocenters. The summed E-state index contributed by atoms with van der Waals surface area (Å²) in [4.78, 5) is 0. The Kier molecular flexibility index (Phi) is 5.39. The Morgan fingerprint density at radius 2 is 2.00 bits per heavy atom. The van der Waals surface area contributed by atoms with E-state index >= 15 is 0 Å². The van der Waals surface area contributed by atoms with Gasteiger partial charge in [0.25, 0.3) is 0 Å². The molecule has 0 spiro atoms. The van der Waals surface area contributed by atoms with Gasteiger partial charge < -0.3 is 14.8 Å². The molecule has 1 fully saturated rings. The number of halogens is 1. The quantitative estimate of drug-likeness (QED) is 0.844. The fourth-order valence-corrected chi connectivity index (χ4v) is 2.53. The lowest BCUT2D eigenvalue weighted by Gasteiger charge is -2.26. The number of hydrogen-bond acceptors (Lipinski definition) is 3. The van der Waals surface area contributed by atoms with Crippen LogP contribution in [0.2, 0.25) is 5.02 Å². The minimum absolute atomic E-state index is 0.0686. The highest BCUT2D eigenvalue weighted by molar-refractivity contribution is 6.32. The Morgan fingerprint density at radius 3 is 2.52 bits per heavy atom. The molecule has 0 radical (unpaired) electrons. The fraction of sp³-hybridized carbons (Fsp3) is 0.647. The number of hydrogen-bond donors (Lipinski definition) is 1. The number of rotatable bonds is 6. The van der Waals surface area contributed by atoms with Gasteiger partial charge in [-0.25, -0.2) is 0 Å². The van der Waals surface area contributed by atoms with E-state index < -0.39 is 0 Å². The topological polar surface area (TPSA) is 30.5 Å². The van der Waals surface area contributed by atoms with Gasteiger partial charge in [0.1, 0.15) is 0 Å². The minimum atomic E-state index is 0.0686. The van der Waals surface area contributed by atoms with Crippen LogP contribution in [0.15, 0.2) is 12.1 Å². The van der Waals surface area contributed by atoms with E-state index in [-0.39, 0.29) is 5.54 Å². The van der Waals surface area contributed by atoms with E-state index in [2.05, 4.69) is 26.1 Å². The van der Waals surface area contributed by atoms with Crippen molar-refractivity contribution in [3.05, 3.63) is 22.7 Å². The van der Waals surface area contributed by atoms with Crippen molar-refractivity contribution in [3.8, 4) is 11.5 Å². The predicted octanol–water partition coefficient (Wildman–Crippen LogP) is 4.42. The molecule has 118 valence electrons. The second-order valence-electron chi connectivity index (χ2n) is 6.82. The number of nitrogens with one attached hydrogen (secondary N) is 1. The highest BCUT2D eigenvalue weighted by Crippen LogP contribution is 2.38. The lowest BCUT2D eigenvalue weighted by atomic mass is 9.86. The van der Waals surface area contributed by atoms with Crippen LogP contribution in [0.3, 0.4) is 0 Å². The van der Waals surface area contributed by atoms with Crippen LogP contribution in [0.5, 0.6) is 11.5 Å². The normalized spacial score (nSPS) is 15.7. The first-order chi connectivity index (χ1) is 9.89.